The number of nitrogens with one attached hydrogen (secondary N) is 1. The number of carbonyl (C=O) groups excluding carboxylic acids is 1. The summed E-state index contributed by atoms with van der Waals surface area (Å²) < 4.78 is 5.69. The first-order chi connectivity index (χ1) is 12.7. The molecule has 0 unspecified atom stereocenters. The number of hydrogen-bond donors (Lipinski definition) is 1. The highest BCUT2D eigenvalue weighted by Crippen LogP contribution is 2.29. The van der Waals surface area contributed by atoms with E-state index in [1.165, 1.54) is 17.8 Å². The van der Waals surface area contributed by atoms with Gasteiger partial charge in [-0.3, -0.25) is 4.79 Å². The zero-order chi connectivity index (χ0) is 18.2. The molecule has 0 saturated carbocycles. The molecule has 0 radical (unpaired) electrons. The van der Waals surface area contributed by atoms with Gasteiger partial charge in [0.1, 0.15) is 17.4 Å². The molecule has 1 heterocycles. The Morgan fingerprint density at radius 1 is 1.04 bits per heavy atom. The van der Waals surface area contributed by atoms with Crippen molar-refractivity contribution in [2.75, 3.05) is 0 Å². The molecule has 3 aromatic rings. The SMILES string of the molecule is N#C/C(=C\c1ccc(Sc2ccccc2)o1)C(=O)NCc1ccccc1. The highest BCUT2D eigenvalue weighted by Gasteiger charge is 2.10. The van der Waals surface area contributed by atoms with Crippen LogP contribution in [0.15, 0.2) is 92.8 Å². The predicted molar refractivity (Wildman–Crippen MR) is 101 cm³/mol. The van der Waals surface area contributed by atoms with E-state index in [9.17, 15) is 10.1 Å². The number of carbonyl (C=O) groups is 1. The Morgan fingerprint density at radius 2 is 1.73 bits per heavy atom. The van der Waals surface area contributed by atoms with Crippen LogP contribution in [-0.2, 0) is 11.3 Å². The number of amides is 1. The summed E-state index contributed by atoms with van der Waals surface area (Å²) in [5, 5.41) is 12.7. The van der Waals surface area contributed by atoms with Crippen molar-refractivity contribution in [1.29, 1.82) is 5.26 Å². The number of benzene rings is 2. The molecular formula is C21H16N2O2S. The van der Waals surface area contributed by atoms with E-state index in [4.69, 9.17) is 4.42 Å². The molecule has 26 heavy (non-hydrogen) atoms. The fraction of sp³-hybridized carbons (Fsp3) is 0.0476. The lowest BCUT2D eigenvalue weighted by molar-refractivity contribution is -0.117. The van der Waals surface area contributed by atoms with Gasteiger partial charge in [0.2, 0.25) is 0 Å². The molecule has 1 N–H and O–H groups in total. The molecule has 0 fully saturated rings. The van der Waals surface area contributed by atoms with Crippen LogP contribution in [0.1, 0.15) is 11.3 Å². The van der Waals surface area contributed by atoms with Crippen molar-refractivity contribution in [1.82, 2.24) is 5.32 Å². The maximum atomic E-state index is 12.2. The van der Waals surface area contributed by atoms with Crippen molar-refractivity contribution in [3.63, 3.8) is 0 Å². The second-order valence-corrected chi connectivity index (χ2v) is 6.49. The summed E-state index contributed by atoms with van der Waals surface area (Å²) in [5.41, 5.74) is 0.976. The molecule has 0 spiro atoms. The van der Waals surface area contributed by atoms with Crippen LogP contribution in [0.5, 0.6) is 0 Å². The largest absolute Gasteiger partial charge is 0.450 e. The Labute approximate surface area is 156 Å². The van der Waals surface area contributed by atoms with Crippen LogP contribution < -0.4 is 5.32 Å². The van der Waals surface area contributed by atoms with E-state index in [1.807, 2.05) is 72.8 Å². The van der Waals surface area contributed by atoms with Gasteiger partial charge in [-0.2, -0.15) is 5.26 Å². The second-order valence-electron chi connectivity index (χ2n) is 5.41. The molecule has 4 nitrogen and oxygen atoms in total. The fourth-order valence-corrected chi connectivity index (χ4v) is 3.04. The lowest BCUT2D eigenvalue weighted by atomic mass is 10.2. The van der Waals surface area contributed by atoms with Crippen molar-refractivity contribution in [2.24, 2.45) is 0 Å². The molecule has 128 valence electrons. The molecule has 3 rings (SSSR count). The Bertz CT molecular complexity index is 941. The van der Waals surface area contributed by atoms with Gasteiger partial charge in [-0.1, -0.05) is 60.3 Å². The van der Waals surface area contributed by atoms with E-state index in [-0.39, 0.29) is 5.57 Å². The van der Waals surface area contributed by atoms with Crippen molar-refractivity contribution >= 4 is 23.7 Å². The standard InChI is InChI=1S/C21H16N2O2S/c22-14-17(21(24)23-15-16-7-3-1-4-8-16)13-18-11-12-20(25-18)26-19-9-5-2-6-10-19/h1-13H,15H2,(H,23,24)/b17-13+. The van der Waals surface area contributed by atoms with Crippen LogP contribution >= 0.6 is 11.8 Å². The summed E-state index contributed by atoms with van der Waals surface area (Å²) in [4.78, 5) is 13.3. The van der Waals surface area contributed by atoms with Gasteiger partial charge in [0.25, 0.3) is 5.91 Å². The van der Waals surface area contributed by atoms with Crippen molar-refractivity contribution < 1.29 is 9.21 Å². The van der Waals surface area contributed by atoms with Crippen LogP contribution in [0.2, 0.25) is 0 Å². The van der Waals surface area contributed by atoms with E-state index in [2.05, 4.69) is 5.32 Å². The van der Waals surface area contributed by atoms with Crippen LogP contribution in [0.3, 0.4) is 0 Å². The summed E-state index contributed by atoms with van der Waals surface area (Å²) in [6.45, 7) is 0.367. The molecular weight excluding hydrogens is 344 g/mol. The van der Waals surface area contributed by atoms with Gasteiger partial charge in [-0.25, -0.2) is 0 Å². The molecule has 0 aliphatic carbocycles. The summed E-state index contributed by atoms with van der Waals surface area (Å²) in [6, 6.07) is 24.9. The summed E-state index contributed by atoms with van der Waals surface area (Å²) >= 11 is 1.48. The molecule has 0 atom stereocenters. The molecule has 5 heteroatoms. The van der Waals surface area contributed by atoms with Gasteiger partial charge < -0.3 is 9.73 Å². The quantitative estimate of drug-likeness (QED) is 0.513. The summed E-state index contributed by atoms with van der Waals surface area (Å²) in [6.07, 6.45) is 1.45. The van der Waals surface area contributed by atoms with Crippen molar-refractivity contribution in [3.05, 3.63) is 89.7 Å². The molecule has 0 aliphatic rings. The fourth-order valence-electron chi connectivity index (χ4n) is 2.24. The Kier molecular flexibility index (Phi) is 5.92. The summed E-state index contributed by atoms with van der Waals surface area (Å²) in [7, 11) is 0. The third kappa shape index (κ3) is 4.88. The molecule has 1 aromatic heterocycles. The second kappa shape index (κ2) is 8.75. The lowest BCUT2D eigenvalue weighted by Gasteiger charge is -2.03. The Morgan fingerprint density at radius 3 is 2.42 bits per heavy atom. The maximum Gasteiger partial charge on any atom is 0.262 e. The van der Waals surface area contributed by atoms with Crippen LogP contribution in [0.4, 0.5) is 0 Å². The van der Waals surface area contributed by atoms with Crippen LogP contribution in [0.25, 0.3) is 6.08 Å². The molecule has 0 saturated heterocycles. The van der Waals surface area contributed by atoms with E-state index < -0.39 is 5.91 Å². The topological polar surface area (TPSA) is 66.0 Å². The minimum absolute atomic E-state index is 0.00606. The minimum atomic E-state index is -0.426. The average Bonchev–Trinajstić information content (AvgIpc) is 3.12. The van der Waals surface area contributed by atoms with Crippen molar-refractivity contribution in [2.45, 2.75) is 16.5 Å². The predicted octanol–water partition coefficient (Wildman–Crippen LogP) is 4.65. The molecule has 2 aromatic carbocycles. The van der Waals surface area contributed by atoms with Gasteiger partial charge in [-0.15, -0.1) is 0 Å². The first-order valence-corrected chi connectivity index (χ1v) is 8.83. The highest BCUT2D eigenvalue weighted by molar-refractivity contribution is 7.99. The number of hydrogen-bond acceptors (Lipinski definition) is 4. The first kappa shape index (κ1) is 17.6. The van der Waals surface area contributed by atoms with Gasteiger partial charge in [0.05, 0.1) is 0 Å². The van der Waals surface area contributed by atoms with Crippen molar-refractivity contribution in [3.8, 4) is 6.07 Å². The number of rotatable bonds is 6. The van der Waals surface area contributed by atoms with E-state index in [0.717, 1.165) is 10.5 Å². The number of furan rings is 1. The van der Waals surface area contributed by atoms with Crippen LogP contribution in [0, 0.1) is 11.3 Å². The third-order valence-corrected chi connectivity index (χ3v) is 4.44. The smallest absolute Gasteiger partial charge is 0.262 e. The van der Waals surface area contributed by atoms with E-state index in [0.29, 0.717) is 17.4 Å². The molecule has 1 amide bonds. The zero-order valence-corrected chi connectivity index (χ0v) is 14.7. The maximum absolute atomic E-state index is 12.2. The van der Waals surface area contributed by atoms with Crippen LogP contribution in [-0.4, -0.2) is 5.91 Å². The molecule has 0 aliphatic heterocycles. The monoisotopic (exact) mass is 360 g/mol. The molecule has 0 bridgehead atoms. The normalized spacial score (nSPS) is 11.0. The number of nitrogens with zero attached hydrogens (tertiary/aromatic N) is 1. The highest BCUT2D eigenvalue weighted by atomic mass is 32.2. The zero-order valence-electron chi connectivity index (χ0n) is 13.9. The van der Waals surface area contributed by atoms with Gasteiger partial charge in [0, 0.05) is 17.5 Å². The Hall–Kier alpha value is -3.23. The van der Waals surface area contributed by atoms with Gasteiger partial charge in [0.15, 0.2) is 5.09 Å². The Balaban J connectivity index is 1.65. The average molecular weight is 360 g/mol. The number of nitriles is 1. The first-order valence-electron chi connectivity index (χ1n) is 8.01. The third-order valence-electron chi connectivity index (χ3n) is 3.51. The summed E-state index contributed by atoms with van der Waals surface area (Å²) in [5.74, 6) is 0.0415. The van der Waals surface area contributed by atoms with Gasteiger partial charge in [-0.05, 0) is 29.8 Å². The van der Waals surface area contributed by atoms with Gasteiger partial charge >= 0.3 is 0 Å². The lowest BCUT2D eigenvalue weighted by Crippen LogP contribution is -2.23. The minimum Gasteiger partial charge on any atom is -0.450 e. The van der Waals surface area contributed by atoms with E-state index in [1.54, 1.807) is 6.07 Å². The van der Waals surface area contributed by atoms with E-state index >= 15 is 0 Å².